The van der Waals surface area contributed by atoms with Crippen LogP contribution in [0.4, 0.5) is 51.2 Å². The van der Waals surface area contributed by atoms with E-state index in [9.17, 15) is 0 Å². The second-order valence-electron chi connectivity index (χ2n) is 28.0. The highest BCUT2D eigenvalue weighted by atomic mass is 28.3. The highest BCUT2D eigenvalue weighted by Crippen LogP contribution is 2.54. The Morgan fingerprint density at radius 2 is 0.608 bits per heavy atom. The van der Waals surface area contributed by atoms with E-state index in [1.54, 1.807) is 0 Å². The van der Waals surface area contributed by atoms with Crippen molar-refractivity contribution in [3.8, 4) is 44.5 Å². The van der Waals surface area contributed by atoms with Crippen LogP contribution in [0.2, 0.25) is 0 Å². The molecule has 0 N–H and O–H groups in total. The lowest BCUT2D eigenvalue weighted by Crippen LogP contribution is -2.75. The number of anilines is 9. The molecule has 16 rings (SSSR count). The van der Waals surface area contributed by atoms with E-state index in [4.69, 9.17) is 0 Å². The maximum absolute atomic E-state index is 3.15. The van der Waals surface area contributed by atoms with Gasteiger partial charge in [-0.25, -0.2) is 0 Å². The molecule has 0 saturated carbocycles. The van der Waals surface area contributed by atoms with E-state index in [2.05, 4.69) is 408 Å². The first kappa shape index (κ1) is 60.7. The van der Waals surface area contributed by atoms with Crippen LogP contribution in [0.15, 0.2) is 352 Å². The van der Waals surface area contributed by atoms with Crippen LogP contribution in [0.25, 0.3) is 44.5 Å². The van der Waals surface area contributed by atoms with Crippen LogP contribution in [-0.4, -0.2) is 14.8 Å². The molecular formula is C92H76BN3Si. The number of fused-ring (bicyclic) bond motifs is 4. The zero-order chi connectivity index (χ0) is 65.8. The van der Waals surface area contributed by atoms with Gasteiger partial charge in [0.25, 0.3) is 6.71 Å². The lowest BCUT2D eigenvalue weighted by molar-refractivity contribution is 0.590. The average molecular weight is 1260 g/mol. The maximum Gasteiger partial charge on any atom is 0.252 e. The van der Waals surface area contributed by atoms with Crippen molar-refractivity contribution in [1.29, 1.82) is 0 Å². The number of benzene rings is 14. The molecule has 2 aliphatic heterocycles. The van der Waals surface area contributed by atoms with Crippen molar-refractivity contribution >= 4 is 103 Å². The van der Waals surface area contributed by atoms with E-state index in [0.717, 1.165) is 84.6 Å². The Hall–Kier alpha value is -11.2. The minimum atomic E-state index is -3.15. The molecule has 2 heterocycles. The van der Waals surface area contributed by atoms with E-state index < -0.39 is 8.07 Å². The highest BCUT2D eigenvalue weighted by molar-refractivity contribution is 7.20. The van der Waals surface area contributed by atoms with Crippen LogP contribution in [0.5, 0.6) is 0 Å². The van der Waals surface area contributed by atoms with Crippen LogP contribution in [0.3, 0.4) is 0 Å². The molecule has 14 aromatic rings. The van der Waals surface area contributed by atoms with Crippen molar-refractivity contribution in [2.45, 2.75) is 52.4 Å². The van der Waals surface area contributed by atoms with Crippen LogP contribution < -0.4 is 51.8 Å². The fraction of sp³-hybridized carbons (Fsp3) is 0.0870. The van der Waals surface area contributed by atoms with E-state index >= 15 is 0 Å². The SMILES string of the molecule is CC(C)(C)c1cc(-c2ccccc2)c(N2c3ccc([Si](c4ccccc4)(c4ccccc4)c4ccccc4)cc3B3c4ccc(N(c5ccccc5)c5ccccc5)cc4N(c4c(-c5ccccc5)cc(C(C)(C)C)cc4-c4ccccc4)c4cccc2c43)c(-c2ccccc2)c1. The standard InChI is InChI=1S/C92H76BN3Si/c1-91(2,3)69-59-78(65-35-16-7-17-36-65)89(79(60-69)66-37-18-8-19-38-66)95-84-58-56-77(97(74-47-28-13-29-48-74,75-49-30-14-31-50-75)76-51-32-15-33-52-76)64-83(84)93-82-57-55-73(94(71-43-24-11-25-44-71)72-45-26-12-27-46-72)63-87(82)96(86-54-34-53-85(95)88(86)93)90-80(67-39-20-9-21-40-67)61-70(92(4,5)6)62-81(90)68-41-22-10-23-42-68/h7-64H,1-6H3. The van der Waals surface area contributed by atoms with Crippen molar-refractivity contribution < 1.29 is 0 Å². The molecule has 0 bridgehead atoms. The largest absolute Gasteiger partial charge is 0.310 e. The van der Waals surface area contributed by atoms with Gasteiger partial charge in [0.1, 0.15) is 0 Å². The summed E-state index contributed by atoms with van der Waals surface area (Å²) >= 11 is 0. The molecule has 0 unspecified atom stereocenters. The molecule has 5 heteroatoms. The topological polar surface area (TPSA) is 9.72 Å². The monoisotopic (exact) mass is 1260 g/mol. The van der Waals surface area contributed by atoms with Gasteiger partial charge in [-0.05, 0) is 160 Å². The molecule has 0 radical (unpaired) electrons. The van der Waals surface area contributed by atoms with Gasteiger partial charge >= 0.3 is 0 Å². The first-order valence-corrected chi connectivity index (χ1v) is 36.1. The molecule has 0 saturated heterocycles. The van der Waals surface area contributed by atoms with Crippen molar-refractivity contribution in [3.63, 3.8) is 0 Å². The lowest BCUT2D eigenvalue weighted by Gasteiger charge is -2.46. The quantitative estimate of drug-likeness (QED) is 0.0841. The zero-order valence-corrected chi connectivity index (χ0v) is 56.9. The third kappa shape index (κ3) is 10.7. The van der Waals surface area contributed by atoms with E-state index in [-0.39, 0.29) is 17.5 Å². The van der Waals surface area contributed by atoms with E-state index in [1.165, 1.54) is 59.4 Å². The van der Waals surface area contributed by atoms with Gasteiger partial charge in [0.2, 0.25) is 0 Å². The van der Waals surface area contributed by atoms with Crippen molar-refractivity contribution in [1.82, 2.24) is 0 Å². The first-order valence-electron chi connectivity index (χ1n) is 34.1. The Bertz CT molecular complexity index is 4900. The van der Waals surface area contributed by atoms with Crippen LogP contribution in [0.1, 0.15) is 52.7 Å². The number of para-hydroxylation sites is 2. The maximum atomic E-state index is 2.69. The second-order valence-corrected chi connectivity index (χ2v) is 31.8. The number of nitrogens with zero attached hydrogens (tertiary/aromatic N) is 3. The van der Waals surface area contributed by atoms with Crippen LogP contribution >= 0.6 is 0 Å². The Labute approximate surface area is 574 Å². The summed E-state index contributed by atoms with van der Waals surface area (Å²) in [6.45, 7) is 13.8. The molecule has 0 amide bonds. The van der Waals surface area contributed by atoms with Gasteiger partial charge in [0, 0.05) is 62.1 Å². The number of hydrogen-bond acceptors (Lipinski definition) is 3. The summed E-state index contributed by atoms with van der Waals surface area (Å²) in [5.41, 5.74) is 25.2. The van der Waals surface area contributed by atoms with Crippen molar-refractivity contribution in [2.75, 3.05) is 14.7 Å². The Balaban J connectivity index is 1.09. The third-order valence-electron chi connectivity index (χ3n) is 20.1. The Morgan fingerprint density at radius 3 is 0.969 bits per heavy atom. The second kappa shape index (κ2) is 24.8. The van der Waals surface area contributed by atoms with Gasteiger partial charge in [0.05, 0.1) is 11.4 Å². The van der Waals surface area contributed by atoms with Gasteiger partial charge in [-0.3, -0.25) is 0 Å². The summed E-state index contributed by atoms with van der Waals surface area (Å²) in [5.74, 6) is 0. The summed E-state index contributed by atoms with van der Waals surface area (Å²) in [4.78, 5) is 7.79. The molecule has 97 heavy (non-hydrogen) atoms. The first-order chi connectivity index (χ1) is 47.4. The third-order valence-corrected chi connectivity index (χ3v) is 24.8. The highest BCUT2D eigenvalue weighted by Gasteiger charge is 2.48. The minimum absolute atomic E-state index is 0.174. The predicted octanol–water partition coefficient (Wildman–Crippen LogP) is 19.9. The normalized spacial score (nSPS) is 12.6. The van der Waals surface area contributed by atoms with Crippen LogP contribution in [0, 0.1) is 0 Å². The van der Waals surface area contributed by atoms with Crippen LogP contribution in [-0.2, 0) is 10.8 Å². The molecule has 0 atom stereocenters. The van der Waals surface area contributed by atoms with Crippen molar-refractivity contribution in [2.24, 2.45) is 0 Å². The Kier molecular flexibility index (Phi) is 15.5. The minimum Gasteiger partial charge on any atom is -0.310 e. The molecule has 0 aromatic heterocycles. The summed E-state index contributed by atoms with van der Waals surface area (Å²) in [5, 5.41) is 5.32. The van der Waals surface area contributed by atoms with Gasteiger partial charge in [-0.15, -0.1) is 0 Å². The average Bonchev–Trinajstić information content (AvgIpc) is 0.686. The molecular weight excluding hydrogens is 1190 g/mol. The summed E-state index contributed by atoms with van der Waals surface area (Å²) in [6.07, 6.45) is 0. The molecule has 14 aromatic carbocycles. The van der Waals surface area contributed by atoms with E-state index in [0.29, 0.717) is 0 Å². The number of rotatable bonds is 13. The summed E-state index contributed by atoms with van der Waals surface area (Å²) in [6, 6.07) is 133. The summed E-state index contributed by atoms with van der Waals surface area (Å²) in [7, 11) is -3.15. The molecule has 466 valence electrons. The molecule has 0 fully saturated rings. The van der Waals surface area contributed by atoms with Gasteiger partial charge in [-0.1, -0.05) is 315 Å². The number of hydrogen-bond donors (Lipinski definition) is 0. The molecule has 2 aliphatic rings. The smallest absolute Gasteiger partial charge is 0.252 e. The Morgan fingerprint density at radius 1 is 0.268 bits per heavy atom. The fourth-order valence-electron chi connectivity index (χ4n) is 15.4. The molecule has 3 nitrogen and oxygen atoms in total. The zero-order valence-electron chi connectivity index (χ0n) is 55.9. The predicted molar refractivity (Wildman–Crippen MR) is 418 cm³/mol. The van der Waals surface area contributed by atoms with Gasteiger partial charge < -0.3 is 14.7 Å². The van der Waals surface area contributed by atoms with Gasteiger partial charge in [-0.2, -0.15) is 0 Å². The van der Waals surface area contributed by atoms with Crippen molar-refractivity contribution in [3.05, 3.63) is 363 Å². The summed E-state index contributed by atoms with van der Waals surface area (Å²) < 4.78 is 0. The fourth-order valence-corrected chi connectivity index (χ4v) is 20.2. The lowest BCUT2D eigenvalue weighted by atomic mass is 9.33. The molecule has 0 spiro atoms. The molecule has 0 aliphatic carbocycles. The van der Waals surface area contributed by atoms with Gasteiger partial charge in [0.15, 0.2) is 8.07 Å². The van der Waals surface area contributed by atoms with E-state index in [1.807, 2.05) is 0 Å².